The first-order valence-electron chi connectivity index (χ1n) is 4.88. The highest BCUT2D eigenvalue weighted by molar-refractivity contribution is 7.15. The lowest BCUT2D eigenvalue weighted by molar-refractivity contribution is 1.10. The van der Waals surface area contributed by atoms with Gasteiger partial charge in [-0.1, -0.05) is 6.92 Å². The number of nitrogens with zero attached hydrogens (tertiary/aromatic N) is 2. The summed E-state index contributed by atoms with van der Waals surface area (Å²) in [6.45, 7) is 4.10. The molecule has 0 unspecified atom stereocenters. The second-order valence-electron chi connectivity index (χ2n) is 3.35. The second kappa shape index (κ2) is 3.98. The molecule has 0 aliphatic heterocycles. The van der Waals surface area contributed by atoms with Crippen LogP contribution in [-0.2, 0) is 6.42 Å². The summed E-state index contributed by atoms with van der Waals surface area (Å²) in [5.41, 5.74) is 8.12. The van der Waals surface area contributed by atoms with Gasteiger partial charge in [0.05, 0.1) is 0 Å². The van der Waals surface area contributed by atoms with E-state index in [1.807, 2.05) is 19.2 Å². The molecule has 2 N–H and O–H groups in total. The van der Waals surface area contributed by atoms with Crippen molar-refractivity contribution >= 4 is 17.2 Å². The van der Waals surface area contributed by atoms with E-state index < -0.39 is 0 Å². The number of rotatable bonds is 2. The predicted octanol–water partition coefficient (Wildman–Crippen LogP) is 2.66. The molecule has 0 aliphatic carbocycles. The maximum absolute atomic E-state index is 5.75. The summed E-state index contributed by atoms with van der Waals surface area (Å²) >= 11 is 1.63. The summed E-state index contributed by atoms with van der Waals surface area (Å²) in [6.07, 6.45) is 4.64. The van der Waals surface area contributed by atoms with Gasteiger partial charge in [-0.15, -0.1) is 11.3 Å². The van der Waals surface area contributed by atoms with Crippen LogP contribution in [0.1, 0.15) is 17.4 Å². The second-order valence-corrected chi connectivity index (χ2v) is 4.55. The number of hydrogen-bond acceptors (Lipinski definition) is 4. The molecule has 0 radical (unpaired) electrons. The maximum Gasteiger partial charge on any atom is 0.138 e. The Hall–Kier alpha value is -1.42. The summed E-state index contributed by atoms with van der Waals surface area (Å²) in [6, 6.07) is 2.00. The van der Waals surface area contributed by atoms with E-state index >= 15 is 0 Å². The molecule has 0 saturated carbocycles. The number of thiazole rings is 1. The topological polar surface area (TPSA) is 51.8 Å². The van der Waals surface area contributed by atoms with E-state index in [4.69, 9.17) is 5.73 Å². The summed E-state index contributed by atoms with van der Waals surface area (Å²) in [7, 11) is 0. The minimum Gasteiger partial charge on any atom is -0.383 e. The standard InChI is InChI=1S/C11H13N3S/c1-3-8-6-13-5-4-9(8)11-14-10(12)7(2)15-11/h4-6H,3,12H2,1-2H3. The first kappa shape index (κ1) is 10.1. The van der Waals surface area contributed by atoms with Crippen molar-refractivity contribution in [2.24, 2.45) is 0 Å². The molecule has 0 aliphatic rings. The molecule has 15 heavy (non-hydrogen) atoms. The molecule has 0 bridgehead atoms. The Labute approximate surface area is 93.0 Å². The smallest absolute Gasteiger partial charge is 0.138 e. The average Bonchev–Trinajstić information content (AvgIpc) is 2.59. The van der Waals surface area contributed by atoms with Crippen molar-refractivity contribution in [2.45, 2.75) is 20.3 Å². The largest absolute Gasteiger partial charge is 0.383 e. The fourth-order valence-corrected chi connectivity index (χ4v) is 2.33. The number of pyridine rings is 1. The van der Waals surface area contributed by atoms with Crippen LogP contribution in [-0.4, -0.2) is 9.97 Å². The number of aryl methyl sites for hydroxylation is 2. The highest BCUT2D eigenvalue weighted by Gasteiger charge is 2.09. The van der Waals surface area contributed by atoms with Gasteiger partial charge in [-0.2, -0.15) is 0 Å². The van der Waals surface area contributed by atoms with E-state index in [2.05, 4.69) is 16.9 Å². The highest BCUT2D eigenvalue weighted by Crippen LogP contribution is 2.30. The molecule has 2 aromatic rings. The third-order valence-corrected chi connectivity index (χ3v) is 3.37. The SMILES string of the molecule is CCc1cnccc1-c1nc(N)c(C)s1. The zero-order valence-corrected chi connectivity index (χ0v) is 9.64. The average molecular weight is 219 g/mol. The molecule has 0 amide bonds. The van der Waals surface area contributed by atoms with Crippen molar-refractivity contribution in [3.63, 3.8) is 0 Å². The molecule has 3 nitrogen and oxygen atoms in total. The van der Waals surface area contributed by atoms with E-state index in [0.29, 0.717) is 5.82 Å². The minimum absolute atomic E-state index is 0.633. The van der Waals surface area contributed by atoms with Gasteiger partial charge in [-0.05, 0) is 25.0 Å². The molecule has 0 atom stereocenters. The number of nitrogens with two attached hydrogens (primary N) is 1. The van der Waals surface area contributed by atoms with E-state index in [1.165, 1.54) is 5.56 Å². The minimum atomic E-state index is 0.633. The summed E-state index contributed by atoms with van der Waals surface area (Å²) in [5.74, 6) is 0.633. The Kier molecular flexibility index (Phi) is 2.68. The lowest BCUT2D eigenvalue weighted by Gasteiger charge is -2.02. The van der Waals surface area contributed by atoms with Gasteiger partial charge < -0.3 is 5.73 Å². The van der Waals surface area contributed by atoms with Gasteiger partial charge in [0.25, 0.3) is 0 Å². The molecule has 2 heterocycles. The van der Waals surface area contributed by atoms with Crippen LogP contribution in [0.3, 0.4) is 0 Å². The molecule has 78 valence electrons. The van der Waals surface area contributed by atoms with Gasteiger partial charge in [0.1, 0.15) is 10.8 Å². The molecule has 0 fully saturated rings. The zero-order chi connectivity index (χ0) is 10.8. The highest BCUT2D eigenvalue weighted by atomic mass is 32.1. The van der Waals surface area contributed by atoms with Gasteiger partial charge in [0.2, 0.25) is 0 Å². The Morgan fingerprint density at radius 3 is 2.87 bits per heavy atom. The van der Waals surface area contributed by atoms with Crippen molar-refractivity contribution in [3.8, 4) is 10.6 Å². The van der Waals surface area contributed by atoms with Crippen LogP contribution in [0.2, 0.25) is 0 Å². The fourth-order valence-electron chi connectivity index (χ4n) is 1.44. The van der Waals surface area contributed by atoms with Crippen molar-refractivity contribution in [1.82, 2.24) is 9.97 Å². The predicted molar refractivity (Wildman–Crippen MR) is 63.9 cm³/mol. The van der Waals surface area contributed by atoms with Gasteiger partial charge >= 0.3 is 0 Å². The first-order valence-corrected chi connectivity index (χ1v) is 5.70. The Morgan fingerprint density at radius 2 is 2.27 bits per heavy atom. The van der Waals surface area contributed by atoms with E-state index in [9.17, 15) is 0 Å². The quantitative estimate of drug-likeness (QED) is 0.844. The van der Waals surface area contributed by atoms with Crippen LogP contribution in [0, 0.1) is 6.92 Å². The molecule has 0 spiro atoms. The molecular formula is C11H13N3S. The van der Waals surface area contributed by atoms with E-state index in [1.54, 1.807) is 17.5 Å². The molecular weight excluding hydrogens is 206 g/mol. The fraction of sp³-hybridized carbons (Fsp3) is 0.273. The molecule has 2 rings (SSSR count). The molecule has 0 aromatic carbocycles. The first-order chi connectivity index (χ1) is 7.22. The normalized spacial score (nSPS) is 10.5. The van der Waals surface area contributed by atoms with Gasteiger partial charge in [0, 0.05) is 22.8 Å². The van der Waals surface area contributed by atoms with Crippen LogP contribution in [0.25, 0.3) is 10.6 Å². The maximum atomic E-state index is 5.75. The number of hydrogen-bond donors (Lipinski definition) is 1. The third kappa shape index (κ3) is 1.85. The van der Waals surface area contributed by atoms with Crippen LogP contribution in [0.5, 0.6) is 0 Å². The monoisotopic (exact) mass is 219 g/mol. The van der Waals surface area contributed by atoms with Gasteiger partial charge in [0.15, 0.2) is 0 Å². The summed E-state index contributed by atoms with van der Waals surface area (Å²) in [4.78, 5) is 9.55. The Morgan fingerprint density at radius 1 is 1.47 bits per heavy atom. The molecule has 0 saturated heterocycles. The number of nitrogen functional groups attached to an aromatic ring is 1. The Bertz CT molecular complexity index is 457. The Balaban J connectivity index is 2.53. The lowest BCUT2D eigenvalue weighted by Crippen LogP contribution is -1.89. The van der Waals surface area contributed by atoms with Crippen molar-refractivity contribution in [2.75, 3.05) is 5.73 Å². The van der Waals surface area contributed by atoms with Gasteiger partial charge in [-0.3, -0.25) is 4.98 Å². The van der Waals surface area contributed by atoms with E-state index in [-0.39, 0.29) is 0 Å². The number of anilines is 1. The number of aromatic nitrogens is 2. The van der Waals surface area contributed by atoms with Crippen molar-refractivity contribution < 1.29 is 0 Å². The lowest BCUT2D eigenvalue weighted by atomic mass is 10.1. The van der Waals surface area contributed by atoms with Crippen molar-refractivity contribution in [1.29, 1.82) is 0 Å². The van der Waals surface area contributed by atoms with Crippen LogP contribution >= 0.6 is 11.3 Å². The molecule has 2 aromatic heterocycles. The zero-order valence-electron chi connectivity index (χ0n) is 8.82. The van der Waals surface area contributed by atoms with Crippen LogP contribution in [0.15, 0.2) is 18.5 Å². The van der Waals surface area contributed by atoms with E-state index in [0.717, 1.165) is 21.9 Å². The summed E-state index contributed by atoms with van der Waals surface area (Å²) < 4.78 is 0. The van der Waals surface area contributed by atoms with Crippen LogP contribution in [0.4, 0.5) is 5.82 Å². The van der Waals surface area contributed by atoms with Crippen LogP contribution < -0.4 is 5.73 Å². The van der Waals surface area contributed by atoms with Crippen molar-refractivity contribution in [3.05, 3.63) is 28.9 Å². The third-order valence-electron chi connectivity index (χ3n) is 2.35. The summed E-state index contributed by atoms with van der Waals surface area (Å²) in [5, 5.41) is 0.990. The van der Waals surface area contributed by atoms with Gasteiger partial charge in [-0.25, -0.2) is 4.98 Å². The molecule has 4 heteroatoms.